The zero-order chi connectivity index (χ0) is 20.7. The Labute approximate surface area is 172 Å². The number of nitrogens with zero attached hydrogens (tertiary/aromatic N) is 5. The quantitative estimate of drug-likeness (QED) is 0.566. The van der Waals surface area contributed by atoms with E-state index in [2.05, 4.69) is 32.8 Å². The van der Waals surface area contributed by atoms with E-state index in [-0.39, 0.29) is 17.3 Å². The number of rotatable bonds is 4. The predicted molar refractivity (Wildman–Crippen MR) is 110 cm³/mol. The fourth-order valence-corrected chi connectivity index (χ4v) is 4.21. The van der Waals surface area contributed by atoms with Gasteiger partial charge in [0.25, 0.3) is 5.56 Å². The largest absolute Gasteiger partial charge is 0.307 e. The van der Waals surface area contributed by atoms with Crippen molar-refractivity contribution in [1.82, 2.24) is 29.5 Å². The molecule has 0 radical (unpaired) electrons. The molecule has 1 aliphatic rings. The van der Waals surface area contributed by atoms with E-state index < -0.39 is 0 Å². The first-order valence-electron chi connectivity index (χ1n) is 9.93. The molecule has 1 N–H and O–H groups in total. The monoisotopic (exact) mass is 404 g/mol. The molecule has 5 rings (SSSR count). The molecule has 8 heteroatoms. The Hall–Kier alpha value is -3.39. The third-order valence-corrected chi connectivity index (χ3v) is 5.67. The lowest BCUT2D eigenvalue weighted by Crippen LogP contribution is -2.23. The summed E-state index contributed by atoms with van der Waals surface area (Å²) in [6.45, 7) is 4.66. The summed E-state index contributed by atoms with van der Waals surface area (Å²) in [5, 5.41) is 4.71. The van der Waals surface area contributed by atoms with Crippen LogP contribution in [0.5, 0.6) is 0 Å². The summed E-state index contributed by atoms with van der Waals surface area (Å²) >= 11 is 0. The van der Waals surface area contributed by atoms with E-state index in [0.717, 1.165) is 25.2 Å². The summed E-state index contributed by atoms with van der Waals surface area (Å²) in [7, 11) is 0. The molecule has 0 amide bonds. The van der Waals surface area contributed by atoms with Gasteiger partial charge in [0.2, 0.25) is 0 Å². The summed E-state index contributed by atoms with van der Waals surface area (Å²) in [6.07, 6.45) is 5.12. The smallest absolute Gasteiger partial charge is 0.276 e. The van der Waals surface area contributed by atoms with Gasteiger partial charge in [-0.15, -0.1) is 0 Å². The summed E-state index contributed by atoms with van der Waals surface area (Å²) in [6, 6.07) is 10.1. The van der Waals surface area contributed by atoms with Crippen LogP contribution in [0.1, 0.15) is 24.2 Å². The van der Waals surface area contributed by atoms with E-state index in [0.29, 0.717) is 28.6 Å². The Balaban J connectivity index is 1.48. The van der Waals surface area contributed by atoms with Gasteiger partial charge >= 0.3 is 0 Å². The van der Waals surface area contributed by atoms with Gasteiger partial charge in [0.05, 0.1) is 6.20 Å². The van der Waals surface area contributed by atoms with Crippen molar-refractivity contribution in [3.05, 3.63) is 82.5 Å². The number of hydrogen-bond acceptors (Lipinski definition) is 5. The van der Waals surface area contributed by atoms with E-state index in [1.165, 1.54) is 22.8 Å². The van der Waals surface area contributed by atoms with E-state index in [4.69, 9.17) is 5.10 Å². The lowest BCUT2D eigenvalue weighted by Gasteiger charge is -2.15. The zero-order valence-electron chi connectivity index (χ0n) is 16.5. The Morgan fingerprint density at radius 3 is 2.90 bits per heavy atom. The minimum absolute atomic E-state index is 0.0848. The van der Waals surface area contributed by atoms with E-state index in [1.54, 1.807) is 18.3 Å². The Morgan fingerprint density at radius 2 is 2.10 bits per heavy atom. The van der Waals surface area contributed by atoms with E-state index in [1.807, 2.05) is 12.3 Å². The van der Waals surface area contributed by atoms with Crippen LogP contribution < -0.4 is 5.56 Å². The van der Waals surface area contributed by atoms with Crippen molar-refractivity contribution in [2.75, 3.05) is 13.1 Å². The number of pyridine rings is 1. The lowest BCUT2D eigenvalue weighted by atomic mass is 9.97. The van der Waals surface area contributed by atoms with Crippen LogP contribution in [0.4, 0.5) is 4.39 Å². The molecular formula is C22H21FN6O. The van der Waals surface area contributed by atoms with Gasteiger partial charge in [-0.25, -0.2) is 13.9 Å². The Kier molecular flexibility index (Phi) is 4.63. The highest BCUT2D eigenvalue weighted by Gasteiger charge is 2.33. The maximum absolute atomic E-state index is 13.7. The molecule has 152 valence electrons. The summed E-state index contributed by atoms with van der Waals surface area (Å²) in [5.41, 5.74) is 1.84. The molecule has 0 bridgehead atoms. The number of likely N-dealkylation sites (tertiary alicyclic amines) is 1. The third-order valence-electron chi connectivity index (χ3n) is 5.67. The number of nitrogens with one attached hydrogen (secondary N) is 1. The normalized spacial score (nSPS) is 19.5. The van der Waals surface area contributed by atoms with Crippen molar-refractivity contribution >= 4 is 5.52 Å². The molecule has 3 aromatic heterocycles. The van der Waals surface area contributed by atoms with E-state index in [9.17, 15) is 9.18 Å². The molecule has 4 heterocycles. The third kappa shape index (κ3) is 3.39. The lowest BCUT2D eigenvalue weighted by molar-refractivity contribution is 0.318. The van der Waals surface area contributed by atoms with Gasteiger partial charge in [-0.05, 0) is 29.7 Å². The molecule has 30 heavy (non-hydrogen) atoms. The highest BCUT2D eigenvalue weighted by Crippen LogP contribution is 2.31. The van der Waals surface area contributed by atoms with Gasteiger partial charge in [0.1, 0.15) is 11.6 Å². The maximum Gasteiger partial charge on any atom is 0.276 e. The number of H-pyrrole nitrogens is 1. The van der Waals surface area contributed by atoms with E-state index >= 15 is 0 Å². The molecule has 7 nitrogen and oxygen atoms in total. The minimum atomic E-state index is -0.357. The Morgan fingerprint density at radius 1 is 1.20 bits per heavy atom. The topological polar surface area (TPSA) is 79.2 Å². The molecule has 2 atom stereocenters. The number of imidazole rings is 1. The van der Waals surface area contributed by atoms with Crippen molar-refractivity contribution in [1.29, 1.82) is 0 Å². The van der Waals surface area contributed by atoms with Crippen molar-refractivity contribution < 1.29 is 4.39 Å². The van der Waals surface area contributed by atoms with Gasteiger partial charge in [-0.2, -0.15) is 5.10 Å². The summed E-state index contributed by atoms with van der Waals surface area (Å²) < 4.78 is 15.2. The predicted octanol–water partition coefficient (Wildman–Crippen LogP) is 2.85. The van der Waals surface area contributed by atoms with Gasteiger partial charge in [0, 0.05) is 43.5 Å². The molecule has 0 aliphatic carbocycles. The summed E-state index contributed by atoms with van der Waals surface area (Å²) in [5.74, 6) is 1.13. The number of benzene rings is 1. The van der Waals surface area contributed by atoms with Gasteiger partial charge in [0.15, 0.2) is 11.3 Å². The van der Waals surface area contributed by atoms with Crippen LogP contribution in [-0.2, 0) is 6.54 Å². The summed E-state index contributed by atoms with van der Waals surface area (Å²) in [4.78, 5) is 26.5. The fourth-order valence-electron chi connectivity index (χ4n) is 4.21. The first-order chi connectivity index (χ1) is 14.6. The molecule has 1 aliphatic heterocycles. The molecule has 1 fully saturated rings. The van der Waals surface area contributed by atoms with Gasteiger partial charge in [-0.3, -0.25) is 14.7 Å². The molecule has 4 aromatic rings. The number of halogens is 1. The van der Waals surface area contributed by atoms with Crippen molar-refractivity contribution in [3.8, 4) is 11.4 Å². The standard InChI is InChI=1S/C22H21FN6O/c1-14-11-28(12-15-4-3-7-24-9-15)13-18(14)20-26-22(30)19-10-25-21(29(19)27-20)16-5-2-6-17(23)8-16/h2-10,14,18H,11-13H2,1H3,(H,26,27,30). The highest BCUT2D eigenvalue weighted by atomic mass is 19.1. The van der Waals surface area contributed by atoms with Crippen LogP contribution >= 0.6 is 0 Å². The Bertz CT molecular complexity index is 1250. The second-order valence-electron chi connectivity index (χ2n) is 7.87. The van der Waals surface area contributed by atoms with Crippen molar-refractivity contribution in [2.24, 2.45) is 5.92 Å². The van der Waals surface area contributed by atoms with Crippen molar-refractivity contribution in [3.63, 3.8) is 0 Å². The second kappa shape index (κ2) is 7.46. The van der Waals surface area contributed by atoms with Crippen LogP contribution in [0.3, 0.4) is 0 Å². The highest BCUT2D eigenvalue weighted by molar-refractivity contribution is 5.60. The van der Waals surface area contributed by atoms with Crippen LogP contribution in [-0.4, -0.2) is 42.6 Å². The zero-order valence-corrected chi connectivity index (χ0v) is 16.5. The minimum Gasteiger partial charge on any atom is -0.307 e. The number of hydrogen-bond donors (Lipinski definition) is 1. The first-order valence-corrected chi connectivity index (χ1v) is 9.93. The molecule has 1 aromatic carbocycles. The van der Waals surface area contributed by atoms with Gasteiger partial charge < -0.3 is 4.98 Å². The molecule has 0 spiro atoms. The number of aromatic nitrogens is 5. The van der Waals surface area contributed by atoms with Crippen LogP contribution in [0.25, 0.3) is 16.9 Å². The van der Waals surface area contributed by atoms with Crippen molar-refractivity contribution in [2.45, 2.75) is 19.4 Å². The SMILES string of the molecule is CC1CN(Cc2cccnc2)CC1c1nn2c(-c3cccc(F)c3)ncc2c(=O)[nH]1. The average Bonchev–Trinajstić information content (AvgIpc) is 3.32. The molecular weight excluding hydrogens is 383 g/mol. The first kappa shape index (κ1) is 18.6. The molecule has 0 saturated carbocycles. The maximum atomic E-state index is 13.7. The average molecular weight is 404 g/mol. The second-order valence-corrected chi connectivity index (χ2v) is 7.87. The molecule has 2 unspecified atom stereocenters. The number of aromatic amines is 1. The van der Waals surface area contributed by atoms with Crippen LogP contribution in [0.15, 0.2) is 59.8 Å². The molecule has 1 saturated heterocycles. The van der Waals surface area contributed by atoms with Crippen LogP contribution in [0.2, 0.25) is 0 Å². The fraction of sp³-hybridized carbons (Fsp3) is 0.273. The number of fused-ring (bicyclic) bond motifs is 1. The van der Waals surface area contributed by atoms with Crippen LogP contribution in [0, 0.1) is 11.7 Å². The van der Waals surface area contributed by atoms with Gasteiger partial charge in [-0.1, -0.05) is 25.1 Å².